The van der Waals surface area contributed by atoms with Crippen LogP contribution in [-0.2, 0) is 0 Å². The molecule has 8 heavy (non-hydrogen) atoms. The first-order chi connectivity index (χ1) is 3.77. The van der Waals surface area contributed by atoms with Gasteiger partial charge in [0.2, 0.25) is 0 Å². The molecule has 4 heteroatoms. The van der Waals surface area contributed by atoms with Crippen LogP contribution in [0.1, 0.15) is 0 Å². The van der Waals surface area contributed by atoms with Crippen molar-refractivity contribution in [2.45, 2.75) is 6.04 Å². The zero-order chi connectivity index (χ0) is 6.41. The van der Waals surface area contributed by atoms with Gasteiger partial charge >= 0.3 is 9.28 Å². The van der Waals surface area contributed by atoms with Crippen molar-refractivity contribution in [1.29, 1.82) is 0 Å². The van der Waals surface area contributed by atoms with Crippen LogP contribution >= 0.6 is 0 Å². The van der Waals surface area contributed by atoms with Crippen LogP contribution < -0.4 is 5.73 Å². The summed E-state index contributed by atoms with van der Waals surface area (Å²) >= 11 is 0. The van der Waals surface area contributed by atoms with E-state index in [9.17, 15) is 0 Å². The molecule has 0 heterocycles. The molecule has 0 aromatic rings. The Morgan fingerprint density at radius 3 is 2.38 bits per heavy atom. The average molecular weight is 133 g/mol. The van der Waals surface area contributed by atoms with Crippen LogP contribution in [0, 0.1) is 0 Å². The number of hydrogen-bond donors (Lipinski definition) is 3. The molecule has 0 amide bonds. The van der Waals surface area contributed by atoms with Crippen molar-refractivity contribution in [1.82, 2.24) is 0 Å². The molecule has 0 aromatic carbocycles. The molecular weight excluding hydrogens is 122 g/mol. The summed E-state index contributed by atoms with van der Waals surface area (Å²) in [4.78, 5) is 16.8. The van der Waals surface area contributed by atoms with E-state index >= 15 is 0 Å². The summed E-state index contributed by atoms with van der Waals surface area (Å²) in [5, 5.41) is 0. The van der Waals surface area contributed by atoms with Crippen LogP contribution in [0.2, 0.25) is 6.04 Å². The standard InChI is InChI=1S/C4H11NO2Si/c5-3-1-2-4-8(6)7/h1-2,6-8H,3-5H2. The van der Waals surface area contributed by atoms with Crippen LogP contribution in [0.4, 0.5) is 0 Å². The molecular formula is C4H11NO2Si. The van der Waals surface area contributed by atoms with E-state index in [0.717, 1.165) is 0 Å². The SMILES string of the molecule is NCC=CC[SiH](O)O. The Morgan fingerprint density at radius 1 is 1.38 bits per heavy atom. The van der Waals surface area contributed by atoms with E-state index in [4.69, 9.17) is 15.3 Å². The van der Waals surface area contributed by atoms with Gasteiger partial charge in [0.1, 0.15) is 0 Å². The van der Waals surface area contributed by atoms with Crippen LogP contribution in [0.3, 0.4) is 0 Å². The molecule has 3 nitrogen and oxygen atoms in total. The molecule has 0 saturated heterocycles. The minimum Gasteiger partial charge on any atom is -0.413 e. The van der Waals surface area contributed by atoms with Crippen LogP contribution in [0.5, 0.6) is 0 Å². The molecule has 0 bridgehead atoms. The lowest BCUT2D eigenvalue weighted by molar-refractivity contribution is 0.411. The smallest absolute Gasteiger partial charge is 0.319 e. The van der Waals surface area contributed by atoms with E-state index in [1.54, 1.807) is 12.2 Å². The van der Waals surface area contributed by atoms with E-state index in [-0.39, 0.29) is 0 Å². The van der Waals surface area contributed by atoms with Gasteiger partial charge in [-0.25, -0.2) is 0 Å². The lowest BCUT2D eigenvalue weighted by atomic mass is 10.5. The normalized spacial score (nSPS) is 11.5. The predicted octanol–water partition coefficient (Wildman–Crippen LogP) is -1.29. The van der Waals surface area contributed by atoms with Gasteiger partial charge in [-0.05, 0) is 0 Å². The Bertz CT molecular complexity index is 74.4. The average Bonchev–Trinajstić information content (AvgIpc) is 1.66. The van der Waals surface area contributed by atoms with Crippen LogP contribution in [-0.4, -0.2) is 25.4 Å². The molecule has 0 atom stereocenters. The third-order valence-electron chi connectivity index (χ3n) is 0.650. The fourth-order valence-electron chi connectivity index (χ4n) is 0.314. The van der Waals surface area contributed by atoms with E-state index in [1.165, 1.54) is 0 Å². The van der Waals surface area contributed by atoms with Crippen molar-refractivity contribution < 1.29 is 9.59 Å². The van der Waals surface area contributed by atoms with E-state index in [2.05, 4.69) is 0 Å². The first-order valence-corrected chi connectivity index (χ1v) is 4.33. The third-order valence-corrected chi connectivity index (χ3v) is 1.34. The Labute approximate surface area is 50.3 Å². The van der Waals surface area contributed by atoms with E-state index < -0.39 is 9.28 Å². The highest BCUT2D eigenvalue weighted by atomic mass is 28.3. The number of allylic oxidation sites excluding steroid dienone is 1. The molecule has 0 aliphatic rings. The maximum absolute atomic E-state index is 8.38. The van der Waals surface area contributed by atoms with Gasteiger partial charge in [-0.15, -0.1) is 0 Å². The maximum atomic E-state index is 8.38. The molecule has 0 spiro atoms. The van der Waals surface area contributed by atoms with Crippen LogP contribution in [0.25, 0.3) is 0 Å². The lowest BCUT2D eigenvalue weighted by Crippen LogP contribution is -2.08. The van der Waals surface area contributed by atoms with Crippen molar-refractivity contribution in [3.63, 3.8) is 0 Å². The molecule has 0 saturated carbocycles. The van der Waals surface area contributed by atoms with Crippen molar-refractivity contribution in [2.75, 3.05) is 6.54 Å². The molecule has 0 rings (SSSR count). The second kappa shape index (κ2) is 4.98. The molecule has 0 aliphatic heterocycles. The Balaban J connectivity index is 3.03. The Kier molecular flexibility index (Phi) is 4.88. The first kappa shape index (κ1) is 7.84. The molecule has 0 unspecified atom stereocenters. The molecule has 0 radical (unpaired) electrons. The quantitative estimate of drug-likeness (QED) is 0.331. The van der Waals surface area contributed by atoms with Crippen LogP contribution in [0.15, 0.2) is 12.2 Å². The summed E-state index contributed by atoms with van der Waals surface area (Å²) < 4.78 is 0. The van der Waals surface area contributed by atoms with E-state index in [0.29, 0.717) is 12.6 Å². The predicted molar refractivity (Wildman–Crippen MR) is 34.6 cm³/mol. The summed E-state index contributed by atoms with van der Waals surface area (Å²) in [5.41, 5.74) is 5.08. The molecule has 0 aromatic heterocycles. The Morgan fingerprint density at radius 2 is 2.00 bits per heavy atom. The number of rotatable bonds is 3. The van der Waals surface area contributed by atoms with Crippen molar-refractivity contribution in [3.8, 4) is 0 Å². The molecule has 48 valence electrons. The summed E-state index contributed by atoms with van der Waals surface area (Å²) in [5.74, 6) is 0. The van der Waals surface area contributed by atoms with Crippen molar-refractivity contribution >= 4 is 9.28 Å². The zero-order valence-corrected chi connectivity index (χ0v) is 5.77. The largest absolute Gasteiger partial charge is 0.413 e. The van der Waals surface area contributed by atoms with Gasteiger partial charge in [-0.3, -0.25) is 0 Å². The summed E-state index contributed by atoms with van der Waals surface area (Å²) in [6, 6.07) is 0.400. The first-order valence-electron chi connectivity index (χ1n) is 2.48. The highest BCUT2D eigenvalue weighted by molar-refractivity contribution is 6.41. The fourth-order valence-corrected chi connectivity index (χ4v) is 0.750. The highest BCUT2D eigenvalue weighted by Gasteiger charge is 1.93. The highest BCUT2D eigenvalue weighted by Crippen LogP contribution is 1.83. The Hall–Kier alpha value is -0.163. The third kappa shape index (κ3) is 5.84. The van der Waals surface area contributed by atoms with Gasteiger partial charge in [-0.1, -0.05) is 12.2 Å². The minimum absolute atomic E-state index is 0.400. The zero-order valence-electron chi connectivity index (χ0n) is 4.62. The number of nitrogens with two attached hydrogens (primary N) is 1. The lowest BCUT2D eigenvalue weighted by Gasteiger charge is -1.90. The van der Waals surface area contributed by atoms with Gasteiger partial charge in [0, 0.05) is 12.6 Å². The summed E-state index contributed by atoms with van der Waals surface area (Å²) in [7, 11) is -2.34. The van der Waals surface area contributed by atoms with Gasteiger partial charge in [-0.2, -0.15) is 0 Å². The van der Waals surface area contributed by atoms with Gasteiger partial charge < -0.3 is 15.3 Å². The molecule has 4 N–H and O–H groups in total. The van der Waals surface area contributed by atoms with Gasteiger partial charge in [0.05, 0.1) is 0 Å². The topological polar surface area (TPSA) is 66.5 Å². The second-order valence-corrected chi connectivity index (χ2v) is 2.86. The molecule has 0 fully saturated rings. The summed E-state index contributed by atoms with van der Waals surface area (Å²) in [6.45, 7) is 0.473. The maximum Gasteiger partial charge on any atom is 0.319 e. The monoisotopic (exact) mass is 133 g/mol. The number of hydrogen-bond acceptors (Lipinski definition) is 3. The summed E-state index contributed by atoms with van der Waals surface area (Å²) in [6.07, 6.45) is 3.41. The molecule has 0 aliphatic carbocycles. The van der Waals surface area contributed by atoms with Gasteiger partial charge in [0.15, 0.2) is 0 Å². The van der Waals surface area contributed by atoms with Crippen molar-refractivity contribution in [3.05, 3.63) is 12.2 Å². The fraction of sp³-hybridized carbons (Fsp3) is 0.500. The minimum atomic E-state index is -2.34. The van der Waals surface area contributed by atoms with E-state index in [1.807, 2.05) is 0 Å². The second-order valence-electron chi connectivity index (χ2n) is 1.42. The van der Waals surface area contributed by atoms with Gasteiger partial charge in [0.25, 0.3) is 0 Å². The van der Waals surface area contributed by atoms with Crippen molar-refractivity contribution in [2.24, 2.45) is 5.73 Å².